The topological polar surface area (TPSA) is 41.1 Å². The van der Waals surface area contributed by atoms with Crippen molar-refractivity contribution >= 4 is 39.7 Å². The second-order valence-electron chi connectivity index (χ2n) is 4.65. The van der Waals surface area contributed by atoms with E-state index in [0.29, 0.717) is 10.7 Å². The molecule has 0 spiro atoms. The molecule has 5 heteroatoms. The van der Waals surface area contributed by atoms with Gasteiger partial charge in [0.2, 0.25) is 0 Å². The molecule has 0 aliphatic rings. The lowest BCUT2D eigenvalue weighted by atomic mass is 10.1. The maximum absolute atomic E-state index is 12.0. The van der Waals surface area contributed by atoms with Crippen molar-refractivity contribution in [1.82, 2.24) is 0 Å². The van der Waals surface area contributed by atoms with Gasteiger partial charge < -0.3 is 5.32 Å². The average molecular weight is 329 g/mol. The van der Waals surface area contributed by atoms with Gasteiger partial charge in [-0.2, -0.15) is 0 Å². The molecule has 0 aliphatic heterocycles. The quantitative estimate of drug-likeness (QED) is 0.635. The summed E-state index contributed by atoms with van der Waals surface area (Å²) in [7, 11) is 0. The van der Waals surface area contributed by atoms with Crippen molar-refractivity contribution in [3.8, 4) is 11.1 Å². The summed E-state index contributed by atoms with van der Waals surface area (Å²) in [6.45, 7) is 0. The highest BCUT2D eigenvalue weighted by Gasteiger charge is 2.06. The molecule has 0 saturated carbocycles. The summed E-state index contributed by atoms with van der Waals surface area (Å²) in [5, 5.41) is 9.05. The van der Waals surface area contributed by atoms with Crippen molar-refractivity contribution in [1.29, 1.82) is 0 Å². The molecule has 0 radical (unpaired) electrons. The third-order valence-electron chi connectivity index (χ3n) is 3.05. The zero-order valence-corrected chi connectivity index (χ0v) is 13.1. The van der Waals surface area contributed by atoms with Crippen LogP contribution in [-0.4, -0.2) is 6.03 Å². The lowest BCUT2D eigenvalue weighted by Gasteiger charge is -2.05. The van der Waals surface area contributed by atoms with E-state index in [1.807, 2.05) is 41.8 Å². The van der Waals surface area contributed by atoms with Crippen molar-refractivity contribution in [2.45, 2.75) is 0 Å². The van der Waals surface area contributed by atoms with Crippen LogP contribution in [0.2, 0.25) is 5.02 Å². The predicted octanol–water partition coefficient (Wildman–Crippen LogP) is 5.71. The van der Waals surface area contributed by atoms with Gasteiger partial charge in [0.1, 0.15) is 0 Å². The minimum atomic E-state index is -0.274. The van der Waals surface area contributed by atoms with Crippen LogP contribution < -0.4 is 10.6 Å². The van der Waals surface area contributed by atoms with Gasteiger partial charge in [0, 0.05) is 16.1 Å². The number of carbonyl (C=O) groups is 1. The number of amides is 2. The predicted molar refractivity (Wildman–Crippen MR) is 93.8 cm³/mol. The van der Waals surface area contributed by atoms with Crippen molar-refractivity contribution in [3.05, 3.63) is 71.1 Å². The van der Waals surface area contributed by atoms with Gasteiger partial charge in [0.25, 0.3) is 0 Å². The van der Waals surface area contributed by atoms with Gasteiger partial charge in [-0.15, -0.1) is 11.3 Å². The zero-order valence-electron chi connectivity index (χ0n) is 11.5. The number of rotatable bonds is 3. The fraction of sp³-hybridized carbons (Fsp3) is 0. The molecule has 3 aromatic rings. The lowest BCUT2D eigenvalue weighted by Crippen LogP contribution is -2.18. The van der Waals surface area contributed by atoms with Gasteiger partial charge in [-0.1, -0.05) is 41.9 Å². The number of thiophene rings is 1. The van der Waals surface area contributed by atoms with E-state index in [0.717, 1.165) is 16.1 Å². The molecule has 1 aromatic heterocycles. The Kier molecular flexibility index (Phi) is 4.42. The van der Waals surface area contributed by atoms with Gasteiger partial charge >= 0.3 is 6.03 Å². The summed E-state index contributed by atoms with van der Waals surface area (Å²) in [6, 6.07) is 18.7. The fourth-order valence-electron chi connectivity index (χ4n) is 1.99. The molecular formula is C17H13ClN2OS. The van der Waals surface area contributed by atoms with Crippen molar-refractivity contribution < 1.29 is 4.79 Å². The minimum absolute atomic E-state index is 0.274. The van der Waals surface area contributed by atoms with Crippen LogP contribution in [0, 0.1) is 0 Å². The maximum Gasteiger partial charge on any atom is 0.324 e. The summed E-state index contributed by atoms with van der Waals surface area (Å²) in [4.78, 5) is 12.0. The smallest absolute Gasteiger partial charge is 0.308 e. The fourth-order valence-corrected chi connectivity index (χ4v) is 2.92. The van der Waals surface area contributed by atoms with Crippen LogP contribution >= 0.6 is 22.9 Å². The van der Waals surface area contributed by atoms with Crippen LogP contribution in [0.5, 0.6) is 0 Å². The van der Waals surface area contributed by atoms with Crippen molar-refractivity contribution in [2.75, 3.05) is 10.6 Å². The van der Waals surface area contributed by atoms with E-state index < -0.39 is 0 Å². The van der Waals surface area contributed by atoms with Crippen LogP contribution in [0.15, 0.2) is 66.0 Å². The van der Waals surface area contributed by atoms with Crippen LogP contribution in [0.4, 0.5) is 15.5 Å². The zero-order chi connectivity index (χ0) is 15.4. The SMILES string of the molecule is O=C(Nc1ccc(Cl)cc1)Nc1cc(-c2ccccc2)cs1. The van der Waals surface area contributed by atoms with Crippen molar-refractivity contribution in [3.63, 3.8) is 0 Å². The third-order valence-corrected chi connectivity index (χ3v) is 4.14. The minimum Gasteiger partial charge on any atom is -0.308 e. The highest BCUT2D eigenvalue weighted by molar-refractivity contribution is 7.14. The van der Waals surface area contributed by atoms with Crippen LogP contribution in [0.25, 0.3) is 11.1 Å². The Hall–Kier alpha value is -2.30. The number of urea groups is 1. The van der Waals surface area contributed by atoms with E-state index in [1.54, 1.807) is 24.3 Å². The molecule has 2 amide bonds. The van der Waals surface area contributed by atoms with Crippen LogP contribution in [0.1, 0.15) is 0 Å². The number of nitrogens with one attached hydrogen (secondary N) is 2. The number of carbonyl (C=O) groups excluding carboxylic acids is 1. The molecular weight excluding hydrogens is 316 g/mol. The first-order chi connectivity index (χ1) is 10.7. The molecule has 1 heterocycles. The van der Waals surface area contributed by atoms with E-state index >= 15 is 0 Å². The number of halogens is 1. The standard InChI is InChI=1S/C17H13ClN2OS/c18-14-6-8-15(9-7-14)19-17(21)20-16-10-13(11-22-16)12-4-2-1-3-5-12/h1-11H,(H2,19,20,21). The molecule has 0 fully saturated rings. The van der Waals surface area contributed by atoms with E-state index in [2.05, 4.69) is 10.6 Å². The molecule has 3 nitrogen and oxygen atoms in total. The molecule has 2 N–H and O–H groups in total. The molecule has 2 aromatic carbocycles. The lowest BCUT2D eigenvalue weighted by molar-refractivity contribution is 0.262. The highest BCUT2D eigenvalue weighted by atomic mass is 35.5. The first kappa shape index (κ1) is 14.6. The van der Waals surface area contributed by atoms with Gasteiger partial charge in [-0.05, 0) is 41.5 Å². The Morgan fingerprint density at radius 2 is 1.64 bits per heavy atom. The van der Waals surface area contributed by atoms with Crippen LogP contribution in [-0.2, 0) is 0 Å². The highest BCUT2D eigenvalue weighted by Crippen LogP contribution is 2.28. The Bertz CT molecular complexity index is 769. The van der Waals surface area contributed by atoms with E-state index in [-0.39, 0.29) is 6.03 Å². The summed E-state index contributed by atoms with van der Waals surface area (Å²) in [6.07, 6.45) is 0. The molecule has 0 unspecified atom stereocenters. The average Bonchev–Trinajstić information content (AvgIpc) is 2.99. The van der Waals surface area contributed by atoms with E-state index in [1.165, 1.54) is 11.3 Å². The molecule has 0 bridgehead atoms. The summed E-state index contributed by atoms with van der Waals surface area (Å²) in [5.41, 5.74) is 2.92. The first-order valence-electron chi connectivity index (χ1n) is 6.68. The third kappa shape index (κ3) is 3.67. The Balaban J connectivity index is 1.65. The van der Waals surface area contributed by atoms with Crippen molar-refractivity contribution in [2.24, 2.45) is 0 Å². The number of hydrogen-bond donors (Lipinski definition) is 2. The Morgan fingerprint density at radius 1 is 0.909 bits per heavy atom. The summed E-state index contributed by atoms with van der Waals surface area (Å²) < 4.78 is 0. The first-order valence-corrected chi connectivity index (χ1v) is 7.94. The van der Waals surface area contributed by atoms with E-state index in [9.17, 15) is 4.79 Å². The van der Waals surface area contributed by atoms with Crippen LogP contribution in [0.3, 0.4) is 0 Å². The summed E-state index contributed by atoms with van der Waals surface area (Å²) >= 11 is 7.30. The Morgan fingerprint density at radius 3 is 2.36 bits per heavy atom. The number of benzene rings is 2. The number of anilines is 2. The van der Waals surface area contributed by atoms with Gasteiger partial charge in [0.05, 0.1) is 5.00 Å². The van der Waals surface area contributed by atoms with Gasteiger partial charge in [-0.25, -0.2) is 4.79 Å². The number of hydrogen-bond acceptors (Lipinski definition) is 2. The molecule has 0 aliphatic carbocycles. The second kappa shape index (κ2) is 6.64. The van der Waals surface area contributed by atoms with Gasteiger partial charge in [-0.3, -0.25) is 5.32 Å². The molecule has 22 heavy (non-hydrogen) atoms. The molecule has 110 valence electrons. The second-order valence-corrected chi connectivity index (χ2v) is 6.00. The largest absolute Gasteiger partial charge is 0.324 e. The maximum atomic E-state index is 12.0. The normalized spacial score (nSPS) is 10.2. The monoisotopic (exact) mass is 328 g/mol. The molecule has 0 atom stereocenters. The van der Waals surface area contributed by atoms with Gasteiger partial charge in [0.15, 0.2) is 0 Å². The van der Waals surface area contributed by atoms with E-state index in [4.69, 9.17) is 11.6 Å². The molecule has 0 saturated heterocycles. The summed E-state index contributed by atoms with van der Waals surface area (Å²) in [5.74, 6) is 0. The Labute approximate surface area is 137 Å². The molecule has 3 rings (SSSR count).